The normalized spacial score (nSPS) is 17.2. The van der Waals surface area contributed by atoms with Crippen molar-refractivity contribution in [1.29, 1.82) is 0 Å². The van der Waals surface area contributed by atoms with Crippen molar-refractivity contribution in [2.75, 3.05) is 5.32 Å². The van der Waals surface area contributed by atoms with Crippen molar-refractivity contribution in [2.24, 2.45) is 0 Å². The molecule has 0 bridgehead atoms. The fourth-order valence-corrected chi connectivity index (χ4v) is 2.78. The number of amides is 1. The van der Waals surface area contributed by atoms with Gasteiger partial charge < -0.3 is 15.4 Å². The lowest BCUT2D eigenvalue weighted by Crippen LogP contribution is -2.34. The first kappa shape index (κ1) is 13.1. The number of anilines is 1. The Kier molecular flexibility index (Phi) is 3.71. The Morgan fingerprint density at radius 3 is 2.95 bits per heavy atom. The Morgan fingerprint density at radius 1 is 1.30 bits per heavy atom. The molecule has 1 aromatic heterocycles. The lowest BCUT2D eigenvalue weighted by Gasteiger charge is -2.23. The van der Waals surface area contributed by atoms with E-state index in [0.717, 1.165) is 30.1 Å². The second kappa shape index (κ2) is 5.64. The second-order valence-electron chi connectivity index (χ2n) is 4.81. The van der Waals surface area contributed by atoms with Crippen LogP contribution in [0.25, 0.3) is 0 Å². The topological polar surface area (TPSA) is 50.4 Å². The van der Waals surface area contributed by atoms with Crippen molar-refractivity contribution in [3.8, 4) is 5.75 Å². The summed E-state index contributed by atoms with van der Waals surface area (Å²) in [6, 6.07) is 8.00. The molecule has 0 saturated carbocycles. The number of fused-ring (bicyclic) bond motifs is 1. The van der Waals surface area contributed by atoms with Gasteiger partial charge in [-0.25, -0.2) is 0 Å². The monoisotopic (exact) mass is 288 g/mol. The molecule has 5 heteroatoms. The summed E-state index contributed by atoms with van der Waals surface area (Å²) in [5.74, 6) is 0.638. The van der Waals surface area contributed by atoms with Crippen molar-refractivity contribution in [1.82, 2.24) is 5.32 Å². The van der Waals surface area contributed by atoms with Crippen LogP contribution in [0.1, 0.15) is 18.1 Å². The zero-order valence-corrected chi connectivity index (χ0v) is 12.0. The quantitative estimate of drug-likeness (QED) is 0.909. The van der Waals surface area contributed by atoms with Crippen LogP contribution >= 0.6 is 11.3 Å². The van der Waals surface area contributed by atoms with Gasteiger partial charge >= 0.3 is 0 Å². The van der Waals surface area contributed by atoms with Crippen LogP contribution in [0.3, 0.4) is 0 Å². The van der Waals surface area contributed by atoms with Crippen molar-refractivity contribution >= 4 is 22.9 Å². The highest BCUT2D eigenvalue weighted by atomic mass is 32.1. The van der Waals surface area contributed by atoms with Crippen LogP contribution in [-0.2, 0) is 17.9 Å². The first-order valence-corrected chi connectivity index (χ1v) is 7.49. The van der Waals surface area contributed by atoms with Gasteiger partial charge in [0.2, 0.25) is 0 Å². The Balaban J connectivity index is 1.63. The molecule has 1 aliphatic heterocycles. The van der Waals surface area contributed by atoms with E-state index in [-0.39, 0.29) is 5.91 Å². The van der Waals surface area contributed by atoms with Crippen LogP contribution in [0.15, 0.2) is 35.0 Å². The molecule has 2 heterocycles. The van der Waals surface area contributed by atoms with Crippen molar-refractivity contribution in [3.05, 3.63) is 46.2 Å². The van der Waals surface area contributed by atoms with Gasteiger partial charge in [-0.1, -0.05) is 6.07 Å². The number of nitrogens with one attached hydrogen (secondary N) is 2. The van der Waals surface area contributed by atoms with E-state index in [9.17, 15) is 4.79 Å². The molecular weight excluding hydrogens is 272 g/mol. The summed E-state index contributed by atoms with van der Waals surface area (Å²) in [5, 5.41) is 10.5. The smallest absolute Gasteiger partial charge is 0.265 e. The molecule has 1 aromatic carbocycles. The van der Waals surface area contributed by atoms with Crippen molar-refractivity contribution in [2.45, 2.75) is 26.1 Å². The minimum Gasteiger partial charge on any atom is -0.479 e. The van der Waals surface area contributed by atoms with Crippen molar-refractivity contribution in [3.63, 3.8) is 0 Å². The molecule has 0 radical (unpaired) electrons. The highest BCUT2D eigenvalue weighted by molar-refractivity contribution is 7.07. The number of hydrogen-bond acceptors (Lipinski definition) is 4. The minimum absolute atomic E-state index is 0.0964. The van der Waals surface area contributed by atoms with Gasteiger partial charge in [-0.2, -0.15) is 11.3 Å². The van der Waals surface area contributed by atoms with Gasteiger partial charge in [0, 0.05) is 13.1 Å². The molecule has 2 N–H and O–H groups in total. The summed E-state index contributed by atoms with van der Waals surface area (Å²) in [4.78, 5) is 11.6. The van der Waals surface area contributed by atoms with Crippen LogP contribution in [0.4, 0.5) is 5.69 Å². The van der Waals surface area contributed by atoms with Crippen LogP contribution in [0.5, 0.6) is 5.75 Å². The zero-order valence-electron chi connectivity index (χ0n) is 11.2. The van der Waals surface area contributed by atoms with E-state index in [1.54, 1.807) is 18.3 Å². The Labute approximate surface area is 121 Å². The summed E-state index contributed by atoms with van der Waals surface area (Å²) in [6.07, 6.45) is -0.426. The van der Waals surface area contributed by atoms with Gasteiger partial charge in [0.05, 0.1) is 5.69 Å². The van der Waals surface area contributed by atoms with E-state index in [2.05, 4.69) is 27.5 Å². The maximum absolute atomic E-state index is 11.6. The first-order valence-electron chi connectivity index (χ1n) is 6.54. The van der Waals surface area contributed by atoms with Gasteiger partial charge in [-0.15, -0.1) is 0 Å². The van der Waals surface area contributed by atoms with Crippen LogP contribution in [-0.4, -0.2) is 12.0 Å². The van der Waals surface area contributed by atoms with E-state index in [1.165, 1.54) is 5.56 Å². The van der Waals surface area contributed by atoms with E-state index >= 15 is 0 Å². The molecule has 1 unspecified atom stereocenters. The van der Waals surface area contributed by atoms with E-state index in [4.69, 9.17) is 4.74 Å². The lowest BCUT2D eigenvalue weighted by atomic mass is 10.1. The number of rotatable bonds is 4. The summed E-state index contributed by atoms with van der Waals surface area (Å²) in [6.45, 7) is 3.35. The third-order valence-corrected chi connectivity index (χ3v) is 3.95. The largest absolute Gasteiger partial charge is 0.479 e. The van der Waals surface area contributed by atoms with Crippen molar-refractivity contribution < 1.29 is 9.53 Å². The first-order chi connectivity index (χ1) is 9.72. The number of ether oxygens (including phenoxy) is 1. The molecule has 20 heavy (non-hydrogen) atoms. The number of thiophene rings is 1. The maximum Gasteiger partial charge on any atom is 0.265 e. The standard InChI is InChI=1S/C15H16N2O2S/c1-10-15(18)17-13-6-11(2-3-14(13)19-10)7-16-8-12-4-5-20-9-12/h2-6,9-10,16H,7-8H2,1H3,(H,17,18). The van der Waals surface area contributed by atoms with Gasteiger partial charge in [0.1, 0.15) is 5.75 Å². The van der Waals surface area contributed by atoms with Crippen LogP contribution in [0, 0.1) is 0 Å². The Bertz CT molecular complexity index is 610. The molecule has 104 valence electrons. The molecule has 0 aliphatic carbocycles. The summed E-state index contributed by atoms with van der Waals surface area (Å²) in [7, 11) is 0. The Morgan fingerprint density at radius 2 is 2.15 bits per heavy atom. The third kappa shape index (κ3) is 2.84. The van der Waals surface area contributed by atoms with E-state index < -0.39 is 6.10 Å². The number of carbonyl (C=O) groups is 1. The molecule has 0 spiro atoms. The van der Waals surface area contributed by atoms with Gasteiger partial charge in [-0.3, -0.25) is 4.79 Å². The number of carbonyl (C=O) groups excluding carboxylic acids is 1. The highest BCUT2D eigenvalue weighted by Gasteiger charge is 2.23. The zero-order chi connectivity index (χ0) is 13.9. The van der Waals surface area contributed by atoms with Gasteiger partial charge in [-0.05, 0) is 47.0 Å². The summed E-state index contributed by atoms with van der Waals surface area (Å²) in [5.41, 5.74) is 3.17. The lowest BCUT2D eigenvalue weighted by molar-refractivity contribution is -0.122. The van der Waals surface area contributed by atoms with E-state index in [0.29, 0.717) is 0 Å². The predicted octanol–water partition coefficient (Wildman–Crippen LogP) is 2.76. The minimum atomic E-state index is -0.426. The molecule has 1 amide bonds. The van der Waals surface area contributed by atoms with Crippen LogP contribution in [0.2, 0.25) is 0 Å². The number of hydrogen-bond donors (Lipinski definition) is 2. The summed E-state index contributed by atoms with van der Waals surface area (Å²) < 4.78 is 5.53. The molecule has 2 aromatic rings. The molecule has 3 rings (SSSR count). The van der Waals surface area contributed by atoms with Crippen LogP contribution < -0.4 is 15.4 Å². The third-order valence-electron chi connectivity index (χ3n) is 3.21. The molecule has 0 fully saturated rings. The fraction of sp³-hybridized carbons (Fsp3) is 0.267. The maximum atomic E-state index is 11.6. The average Bonchev–Trinajstić information content (AvgIpc) is 2.93. The molecule has 1 aliphatic rings. The SMILES string of the molecule is CC1Oc2ccc(CNCc3ccsc3)cc2NC1=O. The molecular formula is C15H16N2O2S. The average molecular weight is 288 g/mol. The predicted molar refractivity (Wildman–Crippen MR) is 80.0 cm³/mol. The summed E-state index contributed by atoms with van der Waals surface area (Å²) >= 11 is 1.70. The van der Waals surface area contributed by atoms with Gasteiger partial charge in [0.25, 0.3) is 5.91 Å². The molecule has 0 saturated heterocycles. The van der Waals surface area contributed by atoms with E-state index in [1.807, 2.05) is 18.2 Å². The highest BCUT2D eigenvalue weighted by Crippen LogP contribution is 2.30. The van der Waals surface area contributed by atoms with Gasteiger partial charge in [0.15, 0.2) is 6.10 Å². The Hall–Kier alpha value is -1.85. The molecule has 4 nitrogen and oxygen atoms in total. The molecule has 1 atom stereocenters. The number of benzene rings is 1. The fourth-order valence-electron chi connectivity index (χ4n) is 2.11. The second-order valence-corrected chi connectivity index (χ2v) is 5.60.